The van der Waals surface area contributed by atoms with Gasteiger partial charge in [0.1, 0.15) is 0 Å². The number of nitrogens with one attached hydrogen (secondary N) is 1. The van der Waals surface area contributed by atoms with E-state index in [0.717, 1.165) is 23.0 Å². The molecule has 28 heavy (non-hydrogen) atoms. The second-order valence-corrected chi connectivity index (χ2v) is 9.39. The molecule has 1 aromatic heterocycles. The van der Waals surface area contributed by atoms with Crippen molar-refractivity contribution in [2.75, 3.05) is 35.4 Å². The number of hydrogen-bond acceptors (Lipinski definition) is 5. The molecule has 0 radical (unpaired) electrons. The van der Waals surface area contributed by atoms with Crippen LogP contribution in [0.4, 0.5) is 24.7 Å². The largest absolute Gasteiger partial charge is 0.416 e. The predicted octanol–water partition coefficient (Wildman–Crippen LogP) is 2.85. The number of hydrogen-bond donors (Lipinski definition) is 1. The Morgan fingerprint density at radius 2 is 2.04 bits per heavy atom. The van der Waals surface area contributed by atoms with Crippen molar-refractivity contribution < 1.29 is 21.6 Å². The van der Waals surface area contributed by atoms with E-state index in [1.807, 2.05) is 4.90 Å². The molecule has 6 nitrogen and oxygen atoms in total. The zero-order valence-corrected chi connectivity index (χ0v) is 16.9. The lowest BCUT2D eigenvalue weighted by Crippen LogP contribution is -2.60. The highest BCUT2D eigenvalue weighted by Gasteiger charge is 2.40. The first kappa shape index (κ1) is 19.5. The Labute approximate surface area is 168 Å². The summed E-state index contributed by atoms with van der Waals surface area (Å²) >= 11 is 3.30. The molecule has 0 amide bonds. The summed E-state index contributed by atoms with van der Waals surface area (Å²) in [6, 6.07) is 5.29. The van der Waals surface area contributed by atoms with Crippen LogP contribution in [0.25, 0.3) is 0 Å². The first-order valence-electron chi connectivity index (χ1n) is 8.51. The topological polar surface area (TPSA) is 65.5 Å². The van der Waals surface area contributed by atoms with Gasteiger partial charge in [0.15, 0.2) is 5.82 Å². The number of sulfonamides is 1. The van der Waals surface area contributed by atoms with Gasteiger partial charge in [0.25, 0.3) is 10.0 Å². The molecule has 1 saturated heterocycles. The van der Waals surface area contributed by atoms with Gasteiger partial charge in [-0.25, -0.2) is 13.4 Å². The summed E-state index contributed by atoms with van der Waals surface area (Å²) in [6.45, 7) is 2.10. The lowest BCUT2D eigenvalue weighted by Gasteiger charge is -2.45. The molecule has 1 atom stereocenters. The van der Waals surface area contributed by atoms with Gasteiger partial charge in [-0.1, -0.05) is 6.07 Å². The van der Waals surface area contributed by atoms with Crippen molar-refractivity contribution in [2.24, 2.45) is 0 Å². The van der Waals surface area contributed by atoms with Crippen LogP contribution < -0.4 is 14.5 Å². The van der Waals surface area contributed by atoms with E-state index in [4.69, 9.17) is 0 Å². The minimum absolute atomic E-state index is 0.122. The zero-order valence-electron chi connectivity index (χ0n) is 14.4. The summed E-state index contributed by atoms with van der Waals surface area (Å²) in [7, 11) is -4.21. The summed E-state index contributed by atoms with van der Waals surface area (Å²) in [5.74, 6) is 0.511. The van der Waals surface area contributed by atoms with E-state index in [1.54, 1.807) is 12.3 Å². The van der Waals surface area contributed by atoms with Crippen LogP contribution in [0.3, 0.4) is 0 Å². The van der Waals surface area contributed by atoms with Gasteiger partial charge in [-0.15, -0.1) is 0 Å². The van der Waals surface area contributed by atoms with E-state index < -0.39 is 26.7 Å². The number of halogens is 4. The molecule has 2 aliphatic rings. The van der Waals surface area contributed by atoms with Crippen LogP contribution in [-0.2, 0) is 16.2 Å². The number of nitrogens with zero attached hydrogens (tertiary/aromatic N) is 3. The maximum atomic E-state index is 13.3. The van der Waals surface area contributed by atoms with Crippen molar-refractivity contribution in [3.8, 4) is 0 Å². The van der Waals surface area contributed by atoms with Crippen molar-refractivity contribution in [1.29, 1.82) is 0 Å². The molecule has 150 valence electrons. The Hall–Kier alpha value is -1.85. The van der Waals surface area contributed by atoms with Crippen molar-refractivity contribution in [1.82, 2.24) is 10.3 Å². The third-order valence-electron chi connectivity index (χ3n) is 4.83. The van der Waals surface area contributed by atoms with Gasteiger partial charge in [0.05, 0.1) is 28.7 Å². The highest BCUT2D eigenvalue weighted by Crippen LogP contribution is 2.39. The fourth-order valence-electron chi connectivity index (χ4n) is 3.51. The van der Waals surface area contributed by atoms with Crippen molar-refractivity contribution in [2.45, 2.75) is 17.1 Å². The van der Waals surface area contributed by atoms with Gasteiger partial charge in [-0.05, 0) is 40.2 Å². The Morgan fingerprint density at radius 3 is 2.79 bits per heavy atom. The van der Waals surface area contributed by atoms with Crippen LogP contribution in [0.2, 0.25) is 0 Å². The molecule has 1 fully saturated rings. The number of pyridine rings is 1. The molecule has 0 bridgehead atoms. The average Bonchev–Trinajstić information content (AvgIpc) is 2.66. The second kappa shape index (κ2) is 6.89. The molecular formula is C17H16BrF3N4O2S. The van der Waals surface area contributed by atoms with Crippen LogP contribution in [0.1, 0.15) is 5.56 Å². The maximum Gasteiger partial charge on any atom is 0.416 e. The van der Waals surface area contributed by atoms with E-state index in [0.29, 0.717) is 35.1 Å². The molecular weight excluding hydrogens is 461 g/mol. The number of fused-ring (bicyclic) bond motifs is 3. The van der Waals surface area contributed by atoms with Crippen LogP contribution in [-0.4, -0.2) is 45.6 Å². The fraction of sp³-hybridized carbons (Fsp3) is 0.353. The second-order valence-electron chi connectivity index (χ2n) is 6.61. The summed E-state index contributed by atoms with van der Waals surface area (Å²) < 4.78 is 67.5. The van der Waals surface area contributed by atoms with Crippen molar-refractivity contribution >= 4 is 37.5 Å². The number of benzene rings is 1. The molecule has 0 saturated carbocycles. The van der Waals surface area contributed by atoms with Gasteiger partial charge in [-0.3, -0.25) is 4.31 Å². The molecule has 1 aromatic carbocycles. The standard InChI is InChI=1S/C17H16BrF3N4O2S/c18-12-7-15-16(23-8-12)24-5-4-22-9-13(24)10-25(15)28(26,27)14-3-1-2-11(6-14)17(19,20)21/h1-3,6-8,13,22H,4-5,9-10H2/t13-/m0/s1. The molecule has 4 rings (SSSR count). The molecule has 0 spiro atoms. The fourth-order valence-corrected chi connectivity index (χ4v) is 5.37. The van der Waals surface area contributed by atoms with Crippen LogP contribution in [0.5, 0.6) is 0 Å². The normalized spacial score (nSPS) is 19.9. The number of alkyl halides is 3. The average molecular weight is 477 g/mol. The Kier molecular flexibility index (Phi) is 4.79. The summed E-state index contributed by atoms with van der Waals surface area (Å²) in [5.41, 5.74) is -0.649. The Balaban J connectivity index is 1.82. The summed E-state index contributed by atoms with van der Waals surface area (Å²) in [5, 5.41) is 3.22. The zero-order chi connectivity index (χ0) is 20.1. The molecule has 0 aliphatic carbocycles. The maximum absolute atomic E-state index is 13.3. The SMILES string of the molecule is O=S(=O)(c1cccc(C(F)(F)F)c1)N1C[C@@H]2CNCCN2c2ncc(Br)cc21. The smallest absolute Gasteiger partial charge is 0.348 e. The lowest BCUT2D eigenvalue weighted by molar-refractivity contribution is -0.137. The third kappa shape index (κ3) is 3.35. The molecule has 2 aliphatic heterocycles. The number of piperazine rings is 1. The van der Waals surface area contributed by atoms with Crippen molar-refractivity contribution in [3.05, 3.63) is 46.6 Å². The van der Waals surface area contributed by atoms with Gasteiger partial charge in [-0.2, -0.15) is 13.2 Å². The highest BCUT2D eigenvalue weighted by atomic mass is 79.9. The number of rotatable bonds is 2. The van der Waals surface area contributed by atoms with E-state index in [9.17, 15) is 21.6 Å². The predicted molar refractivity (Wildman–Crippen MR) is 102 cm³/mol. The number of aromatic nitrogens is 1. The first-order valence-corrected chi connectivity index (χ1v) is 10.7. The minimum Gasteiger partial charge on any atom is -0.348 e. The summed E-state index contributed by atoms with van der Waals surface area (Å²) in [6.07, 6.45) is -3.04. The van der Waals surface area contributed by atoms with Crippen LogP contribution >= 0.6 is 15.9 Å². The van der Waals surface area contributed by atoms with E-state index in [2.05, 4.69) is 26.2 Å². The van der Waals surface area contributed by atoms with Crippen molar-refractivity contribution in [3.63, 3.8) is 0 Å². The molecule has 2 aromatic rings. The quantitative estimate of drug-likeness (QED) is 0.721. The highest BCUT2D eigenvalue weighted by molar-refractivity contribution is 9.10. The summed E-state index contributed by atoms with van der Waals surface area (Å²) in [4.78, 5) is 6.02. The lowest BCUT2D eigenvalue weighted by atomic mass is 10.1. The Morgan fingerprint density at radius 1 is 1.25 bits per heavy atom. The molecule has 11 heteroatoms. The monoisotopic (exact) mass is 476 g/mol. The third-order valence-corrected chi connectivity index (χ3v) is 7.04. The van der Waals surface area contributed by atoms with Gasteiger partial charge >= 0.3 is 6.18 Å². The van der Waals surface area contributed by atoms with Crippen LogP contribution in [0, 0.1) is 0 Å². The first-order chi connectivity index (χ1) is 13.2. The minimum atomic E-state index is -4.62. The van der Waals surface area contributed by atoms with Crippen LogP contribution in [0.15, 0.2) is 45.9 Å². The van der Waals surface area contributed by atoms with Gasteiger partial charge in [0.2, 0.25) is 0 Å². The molecule has 0 unspecified atom stereocenters. The van der Waals surface area contributed by atoms with E-state index in [1.165, 1.54) is 6.07 Å². The van der Waals surface area contributed by atoms with Gasteiger partial charge < -0.3 is 10.2 Å². The van der Waals surface area contributed by atoms with E-state index in [-0.39, 0.29) is 12.6 Å². The molecule has 3 heterocycles. The molecule has 1 N–H and O–H groups in total. The Bertz CT molecular complexity index is 1020. The number of anilines is 2. The van der Waals surface area contributed by atoms with Gasteiger partial charge in [0, 0.05) is 30.3 Å². The van der Waals surface area contributed by atoms with E-state index >= 15 is 0 Å².